The van der Waals surface area contributed by atoms with E-state index in [9.17, 15) is 17.2 Å². The van der Waals surface area contributed by atoms with Gasteiger partial charge >= 0.3 is 0 Å². The van der Waals surface area contributed by atoms with Crippen LogP contribution in [0.15, 0.2) is 59.5 Å². The number of anilines is 1. The lowest BCUT2D eigenvalue weighted by atomic mass is 9.87. The zero-order valence-electron chi connectivity index (χ0n) is 19.7. The van der Waals surface area contributed by atoms with Gasteiger partial charge in [0.25, 0.3) is 0 Å². The molecule has 1 saturated heterocycles. The molecule has 2 aromatic carbocycles. The molecule has 4 rings (SSSR count). The molecular formula is C26H36F2N2O2S. The summed E-state index contributed by atoms with van der Waals surface area (Å²) < 4.78 is 47.2. The minimum Gasteiger partial charge on any atom is -0.368 e. The minimum absolute atomic E-state index is 0.139. The second-order valence-corrected chi connectivity index (χ2v) is 11.3. The maximum absolute atomic E-state index is 11.8. The zero-order valence-corrected chi connectivity index (χ0v) is 20.5. The molecule has 7 heteroatoms. The van der Waals surface area contributed by atoms with Crippen molar-refractivity contribution in [3.05, 3.63) is 60.2 Å². The fourth-order valence-corrected chi connectivity index (χ4v) is 5.39. The fraction of sp³-hybridized carbons (Fsp3) is 0.538. The lowest BCUT2D eigenvalue weighted by Gasteiger charge is -2.41. The number of halogens is 2. The quantitative estimate of drug-likeness (QED) is 0.544. The smallest absolute Gasteiger partial charge is 0.238 e. The molecule has 1 aliphatic carbocycles. The third-order valence-electron chi connectivity index (χ3n) is 6.68. The Balaban J connectivity index is 0.000000257. The van der Waals surface area contributed by atoms with E-state index < -0.39 is 16.3 Å². The lowest BCUT2D eigenvalue weighted by molar-refractivity contribution is 0.104. The van der Waals surface area contributed by atoms with Gasteiger partial charge in [-0.05, 0) is 36.7 Å². The van der Waals surface area contributed by atoms with Crippen LogP contribution in [0.1, 0.15) is 50.1 Å². The Morgan fingerprint density at radius 2 is 1.67 bits per heavy atom. The first kappa shape index (κ1) is 25.6. The van der Waals surface area contributed by atoms with Crippen LogP contribution in [-0.2, 0) is 9.84 Å². The van der Waals surface area contributed by atoms with E-state index in [2.05, 4.69) is 41.1 Å². The molecule has 2 aromatic rings. The van der Waals surface area contributed by atoms with Crippen LogP contribution >= 0.6 is 0 Å². The summed E-state index contributed by atoms with van der Waals surface area (Å²) in [7, 11) is -1.04. The van der Waals surface area contributed by atoms with E-state index >= 15 is 0 Å². The van der Waals surface area contributed by atoms with Crippen molar-refractivity contribution >= 4 is 15.5 Å². The Labute approximate surface area is 197 Å². The number of benzene rings is 2. The van der Waals surface area contributed by atoms with Crippen LogP contribution in [0, 0.1) is 5.92 Å². The van der Waals surface area contributed by atoms with E-state index in [-0.39, 0.29) is 6.42 Å². The van der Waals surface area contributed by atoms with Gasteiger partial charge < -0.3 is 4.90 Å². The third kappa shape index (κ3) is 7.78. The number of nitrogens with zero attached hydrogens (tertiary/aromatic N) is 2. The molecule has 1 atom stereocenters. The maximum Gasteiger partial charge on any atom is 0.238 e. The zero-order chi connectivity index (χ0) is 23.8. The molecule has 1 saturated carbocycles. The van der Waals surface area contributed by atoms with Crippen molar-refractivity contribution in [1.82, 2.24) is 4.90 Å². The van der Waals surface area contributed by atoms with Gasteiger partial charge in [-0.2, -0.15) is 0 Å². The molecule has 2 fully saturated rings. The summed E-state index contributed by atoms with van der Waals surface area (Å²) in [6, 6.07) is 18.0. The van der Waals surface area contributed by atoms with Crippen LogP contribution in [0.2, 0.25) is 0 Å². The van der Waals surface area contributed by atoms with Crippen LogP contribution in [0.25, 0.3) is 0 Å². The minimum atomic E-state index is -3.18. The SMILES string of the molecule is CN1CCN(c2cccc(S(C)(=O)=O)c2)CC1c1ccccc1.FC(F)CC1CCCCC1. The van der Waals surface area contributed by atoms with Crippen molar-refractivity contribution in [2.45, 2.75) is 55.9 Å². The first-order valence-corrected chi connectivity index (χ1v) is 13.7. The predicted octanol–water partition coefficient (Wildman–Crippen LogP) is 5.81. The van der Waals surface area contributed by atoms with Gasteiger partial charge in [0, 0.05) is 38.0 Å². The highest BCUT2D eigenvalue weighted by Gasteiger charge is 2.26. The normalized spacial score (nSPS) is 20.4. The van der Waals surface area contributed by atoms with E-state index in [1.54, 1.807) is 12.1 Å². The third-order valence-corrected chi connectivity index (χ3v) is 7.79. The molecule has 0 N–H and O–H groups in total. The van der Waals surface area contributed by atoms with Gasteiger partial charge in [0.2, 0.25) is 6.43 Å². The highest BCUT2D eigenvalue weighted by molar-refractivity contribution is 7.90. The van der Waals surface area contributed by atoms with Crippen molar-refractivity contribution in [1.29, 1.82) is 0 Å². The first-order valence-electron chi connectivity index (χ1n) is 11.8. The van der Waals surface area contributed by atoms with Crippen molar-refractivity contribution < 1.29 is 17.2 Å². The van der Waals surface area contributed by atoms with E-state index in [1.807, 2.05) is 18.2 Å². The van der Waals surface area contributed by atoms with E-state index in [4.69, 9.17) is 0 Å². The summed E-state index contributed by atoms with van der Waals surface area (Å²) in [4.78, 5) is 5.00. The van der Waals surface area contributed by atoms with Gasteiger partial charge in [0.15, 0.2) is 9.84 Å². The average molecular weight is 479 g/mol. The average Bonchev–Trinajstić information content (AvgIpc) is 2.80. The maximum atomic E-state index is 11.8. The van der Waals surface area contributed by atoms with Gasteiger partial charge in [-0.3, -0.25) is 4.90 Å². The van der Waals surface area contributed by atoms with Crippen molar-refractivity contribution in [2.24, 2.45) is 5.92 Å². The molecule has 33 heavy (non-hydrogen) atoms. The monoisotopic (exact) mass is 478 g/mol. The molecular weight excluding hydrogens is 442 g/mol. The van der Waals surface area contributed by atoms with Crippen molar-refractivity contribution in [3.63, 3.8) is 0 Å². The van der Waals surface area contributed by atoms with Gasteiger partial charge in [-0.25, -0.2) is 17.2 Å². The molecule has 182 valence electrons. The van der Waals surface area contributed by atoms with Crippen molar-refractivity contribution in [2.75, 3.05) is 37.8 Å². The molecule has 0 spiro atoms. The highest BCUT2D eigenvalue weighted by atomic mass is 32.2. The fourth-order valence-electron chi connectivity index (χ4n) is 4.73. The van der Waals surface area contributed by atoms with Crippen molar-refractivity contribution in [3.8, 4) is 0 Å². The highest BCUT2D eigenvalue weighted by Crippen LogP contribution is 2.29. The summed E-state index contributed by atoms with van der Waals surface area (Å²) in [6.07, 6.45) is 4.95. The summed E-state index contributed by atoms with van der Waals surface area (Å²) >= 11 is 0. The largest absolute Gasteiger partial charge is 0.368 e. The Bertz CT molecular complexity index is 963. The molecule has 1 aliphatic heterocycles. The van der Waals surface area contributed by atoms with Crippen LogP contribution in [0.4, 0.5) is 14.5 Å². The standard InChI is InChI=1S/C18H22N2O2S.C8H14F2/c1-19-11-12-20(14-18(19)15-7-4-3-5-8-15)16-9-6-10-17(13-16)23(2,21)22;9-8(10)6-7-4-2-1-3-5-7/h3-10,13,18H,11-12,14H2,1-2H3;7-8H,1-6H2. The summed E-state index contributed by atoms with van der Waals surface area (Å²) in [6.45, 7) is 2.70. The number of piperazine rings is 1. The van der Waals surface area contributed by atoms with Gasteiger partial charge in [-0.1, -0.05) is 68.5 Å². The molecule has 0 aromatic heterocycles. The number of likely N-dealkylation sites (N-methyl/N-ethyl adjacent to an activating group) is 1. The van der Waals surface area contributed by atoms with E-state index in [0.29, 0.717) is 16.9 Å². The molecule has 0 amide bonds. The predicted molar refractivity (Wildman–Crippen MR) is 131 cm³/mol. The Morgan fingerprint density at radius 3 is 2.30 bits per heavy atom. The van der Waals surface area contributed by atoms with E-state index in [1.165, 1.54) is 18.2 Å². The Morgan fingerprint density at radius 1 is 0.970 bits per heavy atom. The topological polar surface area (TPSA) is 40.6 Å². The van der Waals surface area contributed by atoms with Crippen LogP contribution in [0.5, 0.6) is 0 Å². The number of hydrogen-bond acceptors (Lipinski definition) is 4. The van der Waals surface area contributed by atoms with Crippen LogP contribution < -0.4 is 4.90 Å². The lowest BCUT2D eigenvalue weighted by Crippen LogP contribution is -2.46. The molecule has 0 bridgehead atoms. The summed E-state index contributed by atoms with van der Waals surface area (Å²) in [5.74, 6) is 0.328. The molecule has 0 radical (unpaired) electrons. The Kier molecular flexibility index (Phi) is 9.27. The molecule has 1 unspecified atom stereocenters. The summed E-state index contributed by atoms with van der Waals surface area (Å²) in [5.41, 5.74) is 2.26. The van der Waals surface area contributed by atoms with Gasteiger partial charge in [0.1, 0.15) is 0 Å². The van der Waals surface area contributed by atoms with Crippen LogP contribution in [0.3, 0.4) is 0 Å². The van der Waals surface area contributed by atoms with Gasteiger partial charge in [0.05, 0.1) is 10.9 Å². The molecule has 4 nitrogen and oxygen atoms in total. The number of alkyl halides is 2. The number of sulfone groups is 1. The molecule has 2 aliphatic rings. The number of rotatable bonds is 5. The second kappa shape index (κ2) is 11.9. The first-order chi connectivity index (χ1) is 15.7. The summed E-state index contributed by atoms with van der Waals surface area (Å²) in [5, 5.41) is 0. The number of hydrogen-bond donors (Lipinski definition) is 0. The van der Waals surface area contributed by atoms with E-state index in [0.717, 1.165) is 51.0 Å². The van der Waals surface area contributed by atoms with Crippen LogP contribution in [-0.4, -0.2) is 52.7 Å². The Hall–Kier alpha value is -1.99. The molecule has 1 heterocycles. The second-order valence-electron chi connectivity index (χ2n) is 9.25. The van der Waals surface area contributed by atoms with Gasteiger partial charge in [-0.15, -0.1) is 0 Å².